The quantitative estimate of drug-likeness (QED) is 0.317. The Kier molecular flexibility index (Phi) is 5.57. The van der Waals surface area contributed by atoms with E-state index >= 15 is 0 Å². The number of methoxy groups -OCH3 is 1. The van der Waals surface area contributed by atoms with Crippen LogP contribution in [-0.4, -0.2) is 35.6 Å². The van der Waals surface area contributed by atoms with Crippen molar-refractivity contribution in [1.29, 1.82) is 0 Å². The third kappa shape index (κ3) is 3.96. The lowest BCUT2D eigenvalue weighted by Gasteiger charge is -2.13. The summed E-state index contributed by atoms with van der Waals surface area (Å²) >= 11 is 2.73. The van der Waals surface area contributed by atoms with E-state index in [1.165, 1.54) is 28.0 Å². The van der Waals surface area contributed by atoms with E-state index in [9.17, 15) is 14.4 Å². The fourth-order valence-electron chi connectivity index (χ4n) is 3.58. The first-order chi connectivity index (χ1) is 16.0. The molecule has 33 heavy (non-hydrogen) atoms. The van der Waals surface area contributed by atoms with Gasteiger partial charge in [0.15, 0.2) is 4.34 Å². The van der Waals surface area contributed by atoms with Crippen LogP contribution in [0, 0.1) is 0 Å². The number of benzene rings is 3. The van der Waals surface area contributed by atoms with Crippen molar-refractivity contribution >= 4 is 62.4 Å². The molecule has 0 saturated heterocycles. The molecule has 9 heteroatoms. The molecule has 7 nitrogen and oxygen atoms in total. The summed E-state index contributed by atoms with van der Waals surface area (Å²) in [5, 5.41) is 2.84. The molecule has 0 spiro atoms. The fourth-order valence-corrected chi connectivity index (χ4v) is 5.48. The molecule has 4 aromatic rings. The number of thiazole rings is 1. The molecule has 164 valence electrons. The molecule has 5 rings (SSSR count). The zero-order chi connectivity index (χ0) is 22.9. The number of aromatic nitrogens is 1. The van der Waals surface area contributed by atoms with Gasteiger partial charge in [-0.15, -0.1) is 11.3 Å². The Morgan fingerprint density at radius 1 is 1.03 bits per heavy atom. The maximum atomic E-state index is 12.8. The second-order valence-corrected chi connectivity index (χ2v) is 9.41. The van der Waals surface area contributed by atoms with Gasteiger partial charge in [-0.1, -0.05) is 36.0 Å². The number of anilines is 2. The minimum atomic E-state index is -0.331. The first-order valence-corrected chi connectivity index (χ1v) is 11.8. The number of ether oxygens (including phenoxy) is 1. The number of thioether (sulfide) groups is 1. The molecular weight excluding hydrogens is 458 g/mol. The molecule has 0 saturated carbocycles. The van der Waals surface area contributed by atoms with Crippen LogP contribution in [0.3, 0.4) is 0 Å². The van der Waals surface area contributed by atoms with Gasteiger partial charge < -0.3 is 10.1 Å². The summed E-state index contributed by atoms with van der Waals surface area (Å²) in [4.78, 5) is 43.7. The molecule has 0 radical (unpaired) electrons. The second kappa shape index (κ2) is 8.68. The fraction of sp³-hybridized carbons (Fsp3) is 0.0833. The Morgan fingerprint density at radius 3 is 2.45 bits per heavy atom. The zero-order valence-corrected chi connectivity index (χ0v) is 19.0. The van der Waals surface area contributed by atoms with E-state index in [2.05, 4.69) is 10.3 Å². The second-order valence-electron chi connectivity index (χ2n) is 7.16. The lowest BCUT2D eigenvalue weighted by molar-refractivity contribution is -0.113. The van der Waals surface area contributed by atoms with Crippen molar-refractivity contribution < 1.29 is 19.1 Å². The minimum Gasteiger partial charge on any atom is -0.495 e. The van der Waals surface area contributed by atoms with Crippen LogP contribution in [0.15, 0.2) is 71.1 Å². The minimum absolute atomic E-state index is 0.171. The molecule has 1 aliphatic rings. The molecule has 3 amide bonds. The molecule has 1 N–H and O–H groups in total. The molecule has 0 aliphatic carbocycles. The number of hydrogen-bond acceptors (Lipinski definition) is 7. The van der Waals surface area contributed by atoms with Gasteiger partial charge in [0.2, 0.25) is 5.91 Å². The number of carbonyl (C=O) groups excluding carboxylic acids is 3. The predicted molar refractivity (Wildman–Crippen MR) is 130 cm³/mol. The lowest BCUT2D eigenvalue weighted by atomic mass is 10.1. The van der Waals surface area contributed by atoms with Gasteiger partial charge in [-0.3, -0.25) is 14.4 Å². The van der Waals surface area contributed by atoms with Crippen LogP contribution in [0.5, 0.6) is 5.75 Å². The third-order valence-electron chi connectivity index (χ3n) is 5.11. The number of amides is 3. The number of imide groups is 1. The van der Waals surface area contributed by atoms with Crippen LogP contribution in [0.25, 0.3) is 10.2 Å². The van der Waals surface area contributed by atoms with E-state index in [1.54, 1.807) is 61.7 Å². The van der Waals surface area contributed by atoms with E-state index in [4.69, 9.17) is 4.74 Å². The van der Waals surface area contributed by atoms with Crippen molar-refractivity contribution in [3.63, 3.8) is 0 Å². The van der Waals surface area contributed by atoms with Crippen molar-refractivity contribution in [1.82, 2.24) is 4.98 Å². The van der Waals surface area contributed by atoms with Gasteiger partial charge in [-0.05, 0) is 42.5 Å². The predicted octanol–water partition coefficient (Wildman–Crippen LogP) is 4.84. The highest BCUT2D eigenvalue weighted by atomic mass is 32.2. The van der Waals surface area contributed by atoms with Crippen LogP contribution in [0.2, 0.25) is 0 Å². The van der Waals surface area contributed by atoms with Gasteiger partial charge in [0.1, 0.15) is 5.75 Å². The van der Waals surface area contributed by atoms with Gasteiger partial charge in [0, 0.05) is 0 Å². The maximum absolute atomic E-state index is 12.8. The van der Waals surface area contributed by atoms with Crippen molar-refractivity contribution in [2.24, 2.45) is 0 Å². The Morgan fingerprint density at radius 2 is 1.73 bits per heavy atom. The van der Waals surface area contributed by atoms with Gasteiger partial charge in [-0.2, -0.15) is 0 Å². The highest BCUT2D eigenvalue weighted by molar-refractivity contribution is 8.01. The highest BCUT2D eigenvalue weighted by Gasteiger charge is 2.36. The Labute approximate surface area is 197 Å². The topological polar surface area (TPSA) is 88.6 Å². The largest absolute Gasteiger partial charge is 0.495 e. The highest BCUT2D eigenvalue weighted by Crippen LogP contribution is 2.35. The monoisotopic (exact) mass is 475 g/mol. The molecular formula is C24H17N3O4S2. The van der Waals surface area contributed by atoms with Crippen LogP contribution in [-0.2, 0) is 4.79 Å². The van der Waals surface area contributed by atoms with Crippen LogP contribution in [0.1, 0.15) is 20.7 Å². The third-order valence-corrected chi connectivity index (χ3v) is 7.27. The molecule has 2 heterocycles. The van der Waals surface area contributed by atoms with E-state index in [0.29, 0.717) is 28.3 Å². The molecule has 0 atom stereocenters. The normalized spacial score (nSPS) is 12.8. The summed E-state index contributed by atoms with van der Waals surface area (Å²) in [6.07, 6.45) is 0. The summed E-state index contributed by atoms with van der Waals surface area (Å²) in [6, 6.07) is 19.3. The van der Waals surface area contributed by atoms with Crippen molar-refractivity contribution in [3.8, 4) is 5.75 Å². The number of nitrogens with one attached hydrogen (secondary N) is 1. The standard InChI is InChI=1S/C24H17N3O4S2/c1-31-19-9-5-4-8-17(19)25-21(28)13-32-24-26-18-11-10-14(12-20(18)33-24)27-22(29)15-6-2-3-7-16(15)23(27)30/h2-12H,13H2,1H3,(H,25,28). The van der Waals surface area contributed by atoms with Gasteiger partial charge >= 0.3 is 0 Å². The zero-order valence-electron chi connectivity index (χ0n) is 17.4. The van der Waals surface area contributed by atoms with E-state index in [1.807, 2.05) is 12.1 Å². The van der Waals surface area contributed by atoms with Crippen LogP contribution in [0.4, 0.5) is 11.4 Å². The van der Waals surface area contributed by atoms with Crippen LogP contribution >= 0.6 is 23.1 Å². The average molecular weight is 476 g/mol. The van der Waals surface area contributed by atoms with Gasteiger partial charge in [0.05, 0.1) is 45.6 Å². The molecule has 0 fully saturated rings. The smallest absolute Gasteiger partial charge is 0.266 e. The average Bonchev–Trinajstić information content (AvgIpc) is 3.36. The summed E-state index contributed by atoms with van der Waals surface area (Å²) < 4.78 is 6.81. The number of nitrogens with zero attached hydrogens (tertiary/aromatic N) is 2. The number of carbonyl (C=O) groups is 3. The SMILES string of the molecule is COc1ccccc1NC(=O)CSc1nc2ccc(N3C(=O)c4ccccc4C3=O)cc2s1. The Hall–Kier alpha value is -3.69. The molecule has 0 unspecified atom stereocenters. The molecule has 3 aromatic carbocycles. The first-order valence-electron chi connectivity index (χ1n) is 9.99. The number of hydrogen-bond donors (Lipinski definition) is 1. The number of fused-ring (bicyclic) bond motifs is 2. The van der Waals surface area contributed by atoms with Crippen molar-refractivity contribution in [3.05, 3.63) is 77.9 Å². The summed E-state index contributed by atoms with van der Waals surface area (Å²) in [5.74, 6) is -0.0560. The summed E-state index contributed by atoms with van der Waals surface area (Å²) in [7, 11) is 1.55. The van der Waals surface area contributed by atoms with E-state index in [-0.39, 0.29) is 23.5 Å². The first kappa shape index (κ1) is 21.2. The lowest BCUT2D eigenvalue weighted by Crippen LogP contribution is -2.29. The number of para-hydroxylation sites is 2. The summed E-state index contributed by atoms with van der Waals surface area (Å²) in [6.45, 7) is 0. The van der Waals surface area contributed by atoms with Gasteiger partial charge in [-0.25, -0.2) is 9.88 Å². The molecule has 1 aromatic heterocycles. The van der Waals surface area contributed by atoms with Crippen molar-refractivity contribution in [2.45, 2.75) is 4.34 Å². The van der Waals surface area contributed by atoms with Gasteiger partial charge in [0.25, 0.3) is 11.8 Å². The Balaban J connectivity index is 1.31. The Bertz CT molecular complexity index is 1380. The van der Waals surface area contributed by atoms with Crippen molar-refractivity contribution in [2.75, 3.05) is 23.1 Å². The number of rotatable bonds is 6. The van der Waals surface area contributed by atoms with E-state index in [0.717, 1.165) is 14.6 Å². The summed E-state index contributed by atoms with van der Waals surface area (Å²) in [5.41, 5.74) is 2.67. The molecule has 1 aliphatic heterocycles. The molecule has 0 bridgehead atoms. The maximum Gasteiger partial charge on any atom is 0.266 e. The van der Waals surface area contributed by atoms with E-state index < -0.39 is 0 Å². The van der Waals surface area contributed by atoms with Crippen LogP contribution < -0.4 is 15.0 Å².